The molecule has 2 fully saturated rings. The summed E-state index contributed by atoms with van der Waals surface area (Å²) in [5.41, 5.74) is 11.0. The topological polar surface area (TPSA) is 6.48 Å². The van der Waals surface area contributed by atoms with Crippen LogP contribution in [0, 0.1) is 89.4 Å². The van der Waals surface area contributed by atoms with Crippen molar-refractivity contribution in [2.45, 2.75) is 39.8 Å². The van der Waals surface area contributed by atoms with Crippen molar-refractivity contribution in [3.05, 3.63) is 253 Å². The van der Waals surface area contributed by atoms with Crippen molar-refractivity contribution >= 4 is 37.1 Å². The van der Waals surface area contributed by atoms with E-state index in [4.69, 9.17) is 0 Å². The van der Waals surface area contributed by atoms with Crippen LogP contribution in [0.5, 0.6) is 0 Å². The molecule has 2 nitrogen and oxygen atoms in total. The van der Waals surface area contributed by atoms with Crippen LogP contribution in [0.4, 0.5) is 0 Å². The molecule has 2 atom stereocenters. The van der Waals surface area contributed by atoms with Crippen LogP contribution in [0.1, 0.15) is 45.5 Å². The SMILES string of the molecule is Cc1ccccc1P([C]1[CH][CH][CH][C]1C(c1ccccc1)N(C)C)c1ccccc1C.Cc1ccccc1P([C]1[CH][CH][CH][C]1C(c1ccccc1)N(C)C)c1ccccc1C.[Fe]. The van der Waals surface area contributed by atoms with Crippen molar-refractivity contribution in [1.29, 1.82) is 0 Å². The maximum atomic E-state index is 2.35. The molecule has 0 N–H and O–H groups in total. The molecular formula is C56H58FeN2P2. The molecule has 0 amide bonds. The van der Waals surface area contributed by atoms with Crippen LogP contribution >= 0.6 is 15.8 Å². The van der Waals surface area contributed by atoms with E-state index < -0.39 is 15.8 Å². The summed E-state index contributed by atoms with van der Waals surface area (Å²) in [5.74, 6) is 2.81. The zero-order chi connectivity index (χ0) is 42.2. The molecule has 0 aromatic heterocycles. The van der Waals surface area contributed by atoms with E-state index in [1.807, 2.05) is 0 Å². The molecule has 2 aliphatic rings. The van der Waals surface area contributed by atoms with Crippen molar-refractivity contribution in [3.63, 3.8) is 0 Å². The summed E-state index contributed by atoms with van der Waals surface area (Å²) >= 11 is 0. The fraction of sp³-hybridized carbons (Fsp3) is 0.179. The summed E-state index contributed by atoms with van der Waals surface area (Å²) in [5, 5.41) is 5.78. The molecule has 0 saturated heterocycles. The van der Waals surface area contributed by atoms with E-state index >= 15 is 0 Å². The summed E-state index contributed by atoms with van der Waals surface area (Å²) < 4.78 is 0. The van der Waals surface area contributed by atoms with Gasteiger partial charge in [0.25, 0.3) is 0 Å². The molecule has 0 heterocycles. The van der Waals surface area contributed by atoms with Gasteiger partial charge in [-0.3, -0.25) is 0 Å². The Morgan fingerprint density at radius 3 is 0.869 bits per heavy atom. The molecule has 0 bridgehead atoms. The molecule has 2 unspecified atom stereocenters. The summed E-state index contributed by atoms with van der Waals surface area (Å²) in [6.07, 6.45) is 13.8. The molecule has 0 spiro atoms. The quantitative estimate of drug-likeness (QED) is 0.0893. The molecule has 2 saturated carbocycles. The van der Waals surface area contributed by atoms with Gasteiger partial charge in [-0.05, 0) is 165 Å². The molecule has 10 radical (unpaired) electrons. The van der Waals surface area contributed by atoms with Gasteiger partial charge in [0.2, 0.25) is 0 Å². The number of rotatable bonds is 12. The average molecular weight is 877 g/mol. The van der Waals surface area contributed by atoms with Crippen LogP contribution in [-0.2, 0) is 17.1 Å². The fourth-order valence-corrected chi connectivity index (χ4v) is 14.1. The van der Waals surface area contributed by atoms with Gasteiger partial charge in [0.1, 0.15) is 0 Å². The molecule has 2 aliphatic carbocycles. The van der Waals surface area contributed by atoms with Crippen LogP contribution in [0.25, 0.3) is 0 Å². The van der Waals surface area contributed by atoms with E-state index in [9.17, 15) is 0 Å². The summed E-state index contributed by atoms with van der Waals surface area (Å²) in [7, 11) is 7.42. The van der Waals surface area contributed by atoms with E-state index in [1.165, 1.54) is 77.8 Å². The maximum absolute atomic E-state index is 2.35. The van der Waals surface area contributed by atoms with Crippen molar-refractivity contribution in [2.75, 3.05) is 28.2 Å². The Bertz CT molecular complexity index is 2010. The van der Waals surface area contributed by atoms with E-state index in [0.717, 1.165) is 0 Å². The van der Waals surface area contributed by atoms with Gasteiger partial charge in [-0.15, -0.1) is 0 Å². The molecule has 310 valence electrons. The number of hydrogen-bond acceptors (Lipinski definition) is 2. The second-order valence-corrected chi connectivity index (χ2v) is 20.3. The predicted molar refractivity (Wildman–Crippen MR) is 262 cm³/mol. The number of hydrogen-bond donors (Lipinski definition) is 0. The van der Waals surface area contributed by atoms with Gasteiger partial charge in [-0.2, -0.15) is 0 Å². The van der Waals surface area contributed by atoms with E-state index in [1.54, 1.807) is 0 Å². The molecule has 6 aromatic carbocycles. The molecule has 8 rings (SSSR count). The van der Waals surface area contributed by atoms with Crippen molar-refractivity contribution in [2.24, 2.45) is 0 Å². The van der Waals surface area contributed by atoms with Crippen LogP contribution < -0.4 is 21.2 Å². The van der Waals surface area contributed by atoms with Crippen molar-refractivity contribution < 1.29 is 17.1 Å². The van der Waals surface area contributed by atoms with Gasteiger partial charge in [-0.1, -0.05) is 158 Å². The molecule has 5 heteroatoms. The van der Waals surface area contributed by atoms with Crippen molar-refractivity contribution in [1.82, 2.24) is 9.80 Å². The summed E-state index contributed by atoms with van der Waals surface area (Å²) in [6.45, 7) is 8.97. The predicted octanol–water partition coefficient (Wildman–Crippen LogP) is 11.5. The second kappa shape index (κ2) is 22.3. The Kier molecular flexibility index (Phi) is 17.2. The normalized spacial score (nSPS) is 16.2. The molecular weight excluding hydrogens is 818 g/mol. The largest absolute Gasteiger partial charge is 0.302 e. The summed E-state index contributed by atoms with van der Waals surface area (Å²) in [6, 6.07) is 57.7. The molecule has 6 aromatic rings. The minimum Gasteiger partial charge on any atom is -0.302 e. The number of aryl methyl sites for hydroxylation is 4. The standard InChI is InChI=1S/2C28H29NP.Fe/c2*1-21-13-8-10-18-25(21)30(26-19-11-9-14-22(26)2)27-20-12-17-24(27)28(29(3)4)23-15-6-5-7-16-23;/h2*5-20,28H,1-4H3;. The van der Waals surface area contributed by atoms with Gasteiger partial charge >= 0.3 is 0 Å². The Labute approximate surface area is 382 Å². The van der Waals surface area contributed by atoms with Gasteiger partial charge in [-0.25, -0.2) is 0 Å². The van der Waals surface area contributed by atoms with Gasteiger partial charge in [0.05, 0.1) is 0 Å². The number of nitrogens with zero attached hydrogens (tertiary/aromatic N) is 2. The first kappa shape index (κ1) is 47.1. The first-order chi connectivity index (χ1) is 29.2. The first-order valence-electron chi connectivity index (χ1n) is 20.9. The zero-order valence-corrected chi connectivity index (χ0v) is 39.7. The number of benzene rings is 6. The third-order valence-electron chi connectivity index (χ3n) is 11.4. The first-order valence-corrected chi connectivity index (χ1v) is 23.6. The van der Waals surface area contributed by atoms with Gasteiger partial charge < -0.3 is 9.80 Å². The third-order valence-corrected chi connectivity index (χ3v) is 17.1. The van der Waals surface area contributed by atoms with Crippen LogP contribution in [-0.4, -0.2) is 38.0 Å². The van der Waals surface area contributed by atoms with E-state index in [2.05, 4.69) is 262 Å². The third kappa shape index (κ3) is 10.9. The van der Waals surface area contributed by atoms with Crippen LogP contribution in [0.2, 0.25) is 0 Å². The molecule has 61 heavy (non-hydrogen) atoms. The van der Waals surface area contributed by atoms with Gasteiger partial charge in [0.15, 0.2) is 0 Å². The minimum absolute atomic E-state index is 0. The average Bonchev–Trinajstić information content (AvgIpc) is 3.92. The Morgan fingerprint density at radius 2 is 0.607 bits per heavy atom. The minimum atomic E-state index is -0.646. The van der Waals surface area contributed by atoms with Crippen molar-refractivity contribution in [3.8, 4) is 0 Å². The summed E-state index contributed by atoms with van der Waals surface area (Å²) in [4.78, 5) is 4.66. The Hall–Kier alpha value is -3.38. The second-order valence-electron chi connectivity index (χ2n) is 16.1. The molecule has 0 aliphatic heterocycles. The fourth-order valence-electron chi connectivity index (χ4n) is 8.54. The van der Waals surface area contributed by atoms with E-state index in [-0.39, 0.29) is 29.2 Å². The monoisotopic (exact) mass is 876 g/mol. The maximum Gasteiger partial charge on any atom is 0.0417 e. The van der Waals surface area contributed by atoms with Gasteiger partial charge in [0, 0.05) is 52.3 Å². The smallest absolute Gasteiger partial charge is 0.0417 e. The van der Waals surface area contributed by atoms with E-state index in [0.29, 0.717) is 0 Å². The Balaban J connectivity index is 0.000000201. The Morgan fingerprint density at radius 1 is 0.344 bits per heavy atom. The van der Waals surface area contributed by atoms with Crippen LogP contribution in [0.3, 0.4) is 0 Å². The zero-order valence-electron chi connectivity index (χ0n) is 36.8. The van der Waals surface area contributed by atoms with Crippen LogP contribution in [0.15, 0.2) is 158 Å².